The molecule has 5 heteroatoms. The number of pyridine rings is 1. The lowest BCUT2D eigenvalue weighted by Crippen LogP contribution is -2.40. The lowest BCUT2D eigenvalue weighted by atomic mass is 10.0. The summed E-state index contributed by atoms with van der Waals surface area (Å²) in [6, 6.07) is 1.81. The summed E-state index contributed by atoms with van der Waals surface area (Å²) in [6.07, 6.45) is 4.49. The Morgan fingerprint density at radius 3 is 2.63 bits per heavy atom. The van der Waals surface area contributed by atoms with Crippen molar-refractivity contribution in [3.63, 3.8) is 0 Å². The smallest absolute Gasteiger partial charge is 0.147 e. The molecule has 104 valence electrons. The molecule has 0 spiro atoms. The predicted molar refractivity (Wildman–Crippen MR) is 76.5 cm³/mol. The molecule has 3 rings (SSSR count). The molecule has 2 bridgehead atoms. The summed E-state index contributed by atoms with van der Waals surface area (Å²) in [5, 5.41) is 3.57. The molecule has 3 heterocycles. The molecule has 0 aliphatic carbocycles. The first-order valence-electron chi connectivity index (χ1n) is 7.01. The fourth-order valence-corrected chi connectivity index (χ4v) is 3.22. The van der Waals surface area contributed by atoms with E-state index < -0.39 is 0 Å². The SMILES string of the molecule is COc1cc(N)ncc1N1CC2CCC(CNC2)C1. The number of ether oxygens (including phenoxy) is 1. The van der Waals surface area contributed by atoms with Crippen LogP contribution in [-0.4, -0.2) is 38.3 Å². The number of aromatic nitrogens is 1. The van der Waals surface area contributed by atoms with Gasteiger partial charge < -0.3 is 20.7 Å². The Labute approximate surface area is 114 Å². The first kappa shape index (κ1) is 12.5. The second-order valence-electron chi connectivity index (χ2n) is 5.65. The van der Waals surface area contributed by atoms with Crippen LogP contribution < -0.4 is 20.7 Å². The average molecular weight is 262 g/mol. The van der Waals surface area contributed by atoms with Gasteiger partial charge in [-0.05, 0) is 37.8 Å². The van der Waals surface area contributed by atoms with Crippen LogP contribution in [0.15, 0.2) is 12.3 Å². The molecule has 1 aromatic heterocycles. The largest absolute Gasteiger partial charge is 0.494 e. The number of nitrogens with two attached hydrogens (primary N) is 1. The van der Waals surface area contributed by atoms with Gasteiger partial charge >= 0.3 is 0 Å². The van der Waals surface area contributed by atoms with Gasteiger partial charge in [-0.25, -0.2) is 4.98 Å². The van der Waals surface area contributed by atoms with Crippen LogP contribution in [-0.2, 0) is 0 Å². The highest BCUT2D eigenvalue weighted by atomic mass is 16.5. The van der Waals surface area contributed by atoms with Gasteiger partial charge in [-0.15, -0.1) is 0 Å². The second kappa shape index (κ2) is 5.25. The molecule has 1 aromatic rings. The van der Waals surface area contributed by atoms with Crippen molar-refractivity contribution < 1.29 is 4.74 Å². The zero-order valence-corrected chi connectivity index (χ0v) is 11.4. The monoisotopic (exact) mass is 262 g/mol. The van der Waals surface area contributed by atoms with E-state index in [0.717, 1.165) is 49.5 Å². The highest BCUT2D eigenvalue weighted by Gasteiger charge is 2.28. The first-order chi connectivity index (χ1) is 9.26. The Kier molecular flexibility index (Phi) is 3.46. The van der Waals surface area contributed by atoms with Crippen LogP contribution in [0, 0.1) is 11.8 Å². The van der Waals surface area contributed by atoms with Gasteiger partial charge in [-0.2, -0.15) is 0 Å². The molecule has 2 fully saturated rings. The van der Waals surface area contributed by atoms with Crippen molar-refractivity contribution in [2.24, 2.45) is 11.8 Å². The fraction of sp³-hybridized carbons (Fsp3) is 0.643. The molecule has 0 aromatic carbocycles. The fourth-order valence-electron chi connectivity index (χ4n) is 3.22. The minimum atomic E-state index is 0.511. The van der Waals surface area contributed by atoms with Crippen LogP contribution in [0.1, 0.15) is 12.8 Å². The van der Waals surface area contributed by atoms with Crippen LogP contribution in [0.2, 0.25) is 0 Å². The normalized spacial score (nSPS) is 26.9. The summed E-state index contributed by atoms with van der Waals surface area (Å²) < 4.78 is 5.47. The number of fused-ring (bicyclic) bond motifs is 3. The molecule has 2 saturated heterocycles. The number of hydrogen-bond donors (Lipinski definition) is 2. The molecule has 2 unspecified atom stereocenters. The van der Waals surface area contributed by atoms with Crippen molar-refractivity contribution in [2.45, 2.75) is 12.8 Å². The number of anilines is 2. The standard InChI is InChI=1S/C14H22N4O/c1-19-13-4-14(15)17-7-12(13)18-8-10-2-3-11(9-18)6-16-5-10/h4,7,10-11,16H,2-3,5-6,8-9H2,1H3,(H2,15,17). The van der Waals surface area contributed by atoms with E-state index >= 15 is 0 Å². The van der Waals surface area contributed by atoms with Gasteiger partial charge in [-0.3, -0.25) is 0 Å². The van der Waals surface area contributed by atoms with Crippen LogP contribution in [0.5, 0.6) is 5.75 Å². The van der Waals surface area contributed by atoms with Crippen molar-refractivity contribution >= 4 is 11.5 Å². The van der Waals surface area contributed by atoms with Gasteiger partial charge in [0, 0.05) is 19.2 Å². The minimum absolute atomic E-state index is 0.511. The van der Waals surface area contributed by atoms with E-state index in [4.69, 9.17) is 10.5 Å². The third kappa shape index (κ3) is 2.61. The Morgan fingerprint density at radius 2 is 2.00 bits per heavy atom. The predicted octanol–water partition coefficient (Wildman–Crippen LogP) is 1.11. The van der Waals surface area contributed by atoms with E-state index in [0.29, 0.717) is 5.82 Å². The summed E-state index contributed by atoms with van der Waals surface area (Å²) in [6.45, 7) is 4.40. The molecule has 2 atom stereocenters. The summed E-state index contributed by atoms with van der Waals surface area (Å²) in [5.41, 5.74) is 6.81. The summed E-state index contributed by atoms with van der Waals surface area (Å²) in [5.74, 6) is 2.78. The molecule has 2 aliphatic rings. The number of nitrogens with zero attached hydrogens (tertiary/aromatic N) is 2. The molecular weight excluding hydrogens is 240 g/mol. The van der Waals surface area contributed by atoms with E-state index in [9.17, 15) is 0 Å². The van der Waals surface area contributed by atoms with E-state index in [2.05, 4.69) is 15.2 Å². The van der Waals surface area contributed by atoms with E-state index in [1.54, 1.807) is 7.11 Å². The number of rotatable bonds is 2. The van der Waals surface area contributed by atoms with Crippen LogP contribution in [0.4, 0.5) is 11.5 Å². The Bertz CT molecular complexity index is 437. The van der Waals surface area contributed by atoms with Gasteiger partial charge in [0.15, 0.2) is 0 Å². The summed E-state index contributed by atoms with van der Waals surface area (Å²) >= 11 is 0. The maximum absolute atomic E-state index is 5.74. The van der Waals surface area contributed by atoms with E-state index in [-0.39, 0.29) is 0 Å². The number of nitrogens with one attached hydrogen (secondary N) is 1. The van der Waals surface area contributed by atoms with Crippen molar-refractivity contribution in [3.8, 4) is 5.75 Å². The molecule has 2 aliphatic heterocycles. The lowest BCUT2D eigenvalue weighted by Gasteiger charge is -2.31. The number of nitrogen functional groups attached to an aromatic ring is 1. The van der Waals surface area contributed by atoms with Crippen molar-refractivity contribution in [3.05, 3.63) is 12.3 Å². The summed E-state index contributed by atoms with van der Waals surface area (Å²) in [7, 11) is 1.69. The van der Waals surface area contributed by atoms with Crippen LogP contribution in [0.25, 0.3) is 0 Å². The minimum Gasteiger partial charge on any atom is -0.494 e. The molecule has 3 N–H and O–H groups in total. The van der Waals surface area contributed by atoms with Crippen molar-refractivity contribution in [2.75, 3.05) is 43.9 Å². The van der Waals surface area contributed by atoms with Crippen LogP contribution >= 0.6 is 0 Å². The third-order valence-corrected chi connectivity index (χ3v) is 4.23. The zero-order chi connectivity index (χ0) is 13.2. The molecular formula is C14H22N4O. The Balaban J connectivity index is 1.89. The van der Waals surface area contributed by atoms with Crippen molar-refractivity contribution in [1.29, 1.82) is 0 Å². The molecule has 5 nitrogen and oxygen atoms in total. The van der Waals surface area contributed by atoms with Crippen molar-refractivity contribution in [1.82, 2.24) is 10.3 Å². The average Bonchev–Trinajstić information content (AvgIpc) is 2.72. The first-order valence-corrected chi connectivity index (χ1v) is 7.01. The molecule has 0 amide bonds. The van der Waals surface area contributed by atoms with Crippen LogP contribution in [0.3, 0.4) is 0 Å². The van der Waals surface area contributed by atoms with Gasteiger partial charge in [0.05, 0.1) is 19.0 Å². The molecule has 19 heavy (non-hydrogen) atoms. The summed E-state index contributed by atoms with van der Waals surface area (Å²) in [4.78, 5) is 6.65. The molecule has 0 saturated carbocycles. The van der Waals surface area contributed by atoms with Gasteiger partial charge in [0.2, 0.25) is 0 Å². The Morgan fingerprint density at radius 1 is 1.32 bits per heavy atom. The highest BCUT2D eigenvalue weighted by molar-refractivity contribution is 5.60. The maximum atomic E-state index is 5.74. The van der Waals surface area contributed by atoms with E-state index in [1.807, 2.05) is 12.3 Å². The maximum Gasteiger partial charge on any atom is 0.147 e. The lowest BCUT2D eigenvalue weighted by molar-refractivity contribution is 0.408. The van der Waals surface area contributed by atoms with Gasteiger partial charge in [-0.1, -0.05) is 0 Å². The zero-order valence-electron chi connectivity index (χ0n) is 11.4. The third-order valence-electron chi connectivity index (χ3n) is 4.23. The van der Waals surface area contributed by atoms with Gasteiger partial charge in [0.1, 0.15) is 11.6 Å². The second-order valence-corrected chi connectivity index (χ2v) is 5.65. The topological polar surface area (TPSA) is 63.4 Å². The number of hydrogen-bond acceptors (Lipinski definition) is 5. The van der Waals surface area contributed by atoms with E-state index in [1.165, 1.54) is 12.8 Å². The highest BCUT2D eigenvalue weighted by Crippen LogP contribution is 2.33. The Hall–Kier alpha value is -1.49. The number of methoxy groups -OCH3 is 1. The molecule has 0 radical (unpaired) electrons. The quantitative estimate of drug-likeness (QED) is 0.836. The van der Waals surface area contributed by atoms with Gasteiger partial charge in [0.25, 0.3) is 0 Å².